The van der Waals surface area contributed by atoms with Crippen LogP contribution < -0.4 is 0 Å². The fourth-order valence-electron chi connectivity index (χ4n) is 1.56. The highest BCUT2D eigenvalue weighted by Crippen LogP contribution is 2.29. The fraction of sp³-hybridized carbons (Fsp3) is 0.625. The van der Waals surface area contributed by atoms with E-state index in [0.717, 1.165) is 4.90 Å². The third kappa shape index (κ3) is 2.04. The summed E-state index contributed by atoms with van der Waals surface area (Å²) in [6.07, 6.45) is -4.70. The number of rotatable bonds is 0. The largest absolute Gasteiger partial charge is 0.410 e. The predicted octanol–water partition coefficient (Wildman–Crippen LogP) is 1.55. The van der Waals surface area contributed by atoms with Crippen molar-refractivity contribution < 1.29 is 18.0 Å². The predicted molar refractivity (Wildman–Crippen MR) is 51.5 cm³/mol. The van der Waals surface area contributed by atoms with Crippen molar-refractivity contribution in [3.63, 3.8) is 0 Å². The maximum atomic E-state index is 12.4. The second-order valence-corrected chi connectivity index (χ2v) is 3.92. The van der Waals surface area contributed by atoms with E-state index >= 15 is 0 Å². The molecule has 0 aromatic carbocycles. The monoisotopic (exact) mass is 253 g/mol. The number of amides is 1. The van der Waals surface area contributed by atoms with Gasteiger partial charge in [-0.15, -0.1) is 0 Å². The van der Waals surface area contributed by atoms with E-state index in [9.17, 15) is 18.0 Å². The summed E-state index contributed by atoms with van der Waals surface area (Å²) in [5.74, 6) is -0.589. The van der Waals surface area contributed by atoms with Gasteiger partial charge in [-0.25, -0.2) is 9.98 Å². The number of alkyl halides is 3. The number of nitrogens with zero attached hydrogens (tertiary/aromatic N) is 3. The average molecular weight is 254 g/mol. The van der Waals surface area contributed by atoms with E-state index in [1.165, 1.54) is 0 Å². The van der Waals surface area contributed by atoms with Crippen molar-refractivity contribution in [2.24, 2.45) is 9.98 Å². The van der Waals surface area contributed by atoms with E-state index in [4.69, 9.17) is 11.6 Å². The van der Waals surface area contributed by atoms with E-state index in [2.05, 4.69) is 9.98 Å². The normalized spacial score (nSPS) is 26.1. The van der Waals surface area contributed by atoms with Gasteiger partial charge < -0.3 is 0 Å². The number of fused-ring (bicyclic) bond motifs is 1. The second-order valence-electron chi connectivity index (χ2n) is 3.49. The Labute approximate surface area is 93.8 Å². The van der Waals surface area contributed by atoms with Crippen LogP contribution in [0.5, 0.6) is 0 Å². The van der Waals surface area contributed by atoms with Crippen LogP contribution in [-0.4, -0.2) is 40.7 Å². The smallest absolute Gasteiger partial charge is 0.281 e. The van der Waals surface area contributed by atoms with Gasteiger partial charge in [0.25, 0.3) is 0 Å². The first kappa shape index (κ1) is 11.4. The van der Waals surface area contributed by atoms with Gasteiger partial charge in [0.2, 0.25) is 11.9 Å². The van der Waals surface area contributed by atoms with Crippen LogP contribution in [0.3, 0.4) is 0 Å². The van der Waals surface area contributed by atoms with E-state index in [1.807, 2.05) is 0 Å². The minimum absolute atomic E-state index is 0.0183. The number of carbonyl (C=O) groups is 1. The van der Waals surface area contributed by atoms with Crippen LogP contribution in [0.4, 0.5) is 13.2 Å². The molecule has 2 aliphatic rings. The molecule has 2 heterocycles. The molecule has 0 aromatic rings. The summed E-state index contributed by atoms with van der Waals surface area (Å²) in [6.45, 7) is -0.0183. The Morgan fingerprint density at radius 3 is 2.75 bits per heavy atom. The minimum atomic E-state index is -4.40. The summed E-state index contributed by atoms with van der Waals surface area (Å²) in [6, 6.07) is -1.79. The fourth-order valence-corrected chi connectivity index (χ4v) is 1.75. The van der Waals surface area contributed by atoms with Crippen molar-refractivity contribution in [2.75, 3.05) is 6.54 Å². The Morgan fingerprint density at radius 2 is 2.12 bits per heavy atom. The molecular formula is C8H7ClF3N3O. The second kappa shape index (κ2) is 3.73. The van der Waals surface area contributed by atoms with Crippen molar-refractivity contribution in [1.82, 2.24) is 4.90 Å². The summed E-state index contributed by atoms with van der Waals surface area (Å²) < 4.78 is 37.2. The molecule has 4 nitrogen and oxygen atoms in total. The van der Waals surface area contributed by atoms with E-state index in [0.29, 0.717) is 0 Å². The lowest BCUT2D eigenvalue weighted by Crippen LogP contribution is -2.47. The van der Waals surface area contributed by atoms with Crippen LogP contribution >= 0.6 is 11.6 Å². The lowest BCUT2D eigenvalue weighted by Gasteiger charge is -2.31. The third-order valence-corrected chi connectivity index (χ3v) is 2.55. The van der Waals surface area contributed by atoms with Crippen LogP contribution in [0.25, 0.3) is 0 Å². The highest BCUT2D eigenvalue weighted by molar-refractivity contribution is 6.68. The van der Waals surface area contributed by atoms with E-state index in [1.54, 1.807) is 0 Å². The van der Waals surface area contributed by atoms with Gasteiger partial charge in [0.05, 0.1) is 6.42 Å². The van der Waals surface area contributed by atoms with Gasteiger partial charge in [0.15, 0.2) is 6.04 Å². The first-order valence-electron chi connectivity index (χ1n) is 4.56. The lowest BCUT2D eigenvalue weighted by atomic mass is 10.1. The highest BCUT2D eigenvalue weighted by Gasteiger charge is 2.43. The summed E-state index contributed by atoms with van der Waals surface area (Å²) in [7, 11) is 0. The maximum Gasteiger partial charge on any atom is 0.410 e. The van der Waals surface area contributed by atoms with Crippen LogP contribution in [0.2, 0.25) is 0 Å². The SMILES string of the molecule is O=C1CC(Cl)=NC2=N[C@H](C(F)(F)F)CCN12. The van der Waals surface area contributed by atoms with Crippen LogP contribution in [0.1, 0.15) is 12.8 Å². The maximum absolute atomic E-state index is 12.4. The van der Waals surface area contributed by atoms with Crippen LogP contribution in [0.15, 0.2) is 9.98 Å². The Hall–Kier alpha value is -1.11. The van der Waals surface area contributed by atoms with Gasteiger partial charge in [-0.05, 0) is 6.42 Å². The summed E-state index contributed by atoms with van der Waals surface area (Å²) in [5, 5.41) is -0.0252. The molecule has 0 radical (unpaired) electrons. The summed E-state index contributed by atoms with van der Waals surface area (Å²) >= 11 is 5.53. The van der Waals surface area contributed by atoms with Crippen LogP contribution in [-0.2, 0) is 4.79 Å². The third-order valence-electron chi connectivity index (χ3n) is 2.34. The molecule has 0 bridgehead atoms. The van der Waals surface area contributed by atoms with Gasteiger partial charge in [-0.2, -0.15) is 13.2 Å². The van der Waals surface area contributed by atoms with E-state index < -0.39 is 12.2 Å². The topological polar surface area (TPSA) is 45.0 Å². The van der Waals surface area contributed by atoms with Gasteiger partial charge in [0.1, 0.15) is 5.17 Å². The number of guanidine groups is 1. The average Bonchev–Trinajstić information content (AvgIpc) is 2.15. The summed E-state index contributed by atoms with van der Waals surface area (Å²) in [4.78, 5) is 19.6. The zero-order valence-corrected chi connectivity index (χ0v) is 8.72. The molecule has 2 aliphatic heterocycles. The molecule has 1 atom stereocenters. The molecule has 0 saturated carbocycles. The molecule has 0 N–H and O–H groups in total. The first-order valence-corrected chi connectivity index (χ1v) is 4.93. The molecule has 0 saturated heterocycles. The van der Waals surface area contributed by atoms with Crippen molar-refractivity contribution in [2.45, 2.75) is 25.1 Å². The standard InChI is InChI=1S/C8H7ClF3N3O/c9-5-3-6(16)15-2-1-4(8(10,11)12)13-7(15)14-5/h4H,1-3H2/t4-/m0/s1. The van der Waals surface area contributed by atoms with Crippen molar-refractivity contribution >= 4 is 28.6 Å². The molecule has 0 aromatic heterocycles. The molecular weight excluding hydrogens is 247 g/mol. The molecule has 8 heteroatoms. The zero-order chi connectivity index (χ0) is 11.9. The molecule has 0 aliphatic carbocycles. The number of carbonyl (C=O) groups excluding carboxylic acids is 1. The van der Waals surface area contributed by atoms with Crippen molar-refractivity contribution in [1.29, 1.82) is 0 Å². The van der Waals surface area contributed by atoms with Gasteiger partial charge in [-0.1, -0.05) is 11.6 Å². The molecule has 0 unspecified atom stereocenters. The quantitative estimate of drug-likeness (QED) is 0.646. The summed E-state index contributed by atoms with van der Waals surface area (Å²) in [5.41, 5.74) is 0. The minimum Gasteiger partial charge on any atom is -0.281 e. The highest BCUT2D eigenvalue weighted by atomic mass is 35.5. The van der Waals surface area contributed by atoms with Crippen LogP contribution in [0, 0.1) is 0 Å². The molecule has 16 heavy (non-hydrogen) atoms. The van der Waals surface area contributed by atoms with Gasteiger partial charge in [-0.3, -0.25) is 9.69 Å². The molecule has 88 valence electrons. The molecule has 0 fully saturated rings. The molecule has 1 amide bonds. The molecule has 2 rings (SSSR count). The Balaban J connectivity index is 2.32. The zero-order valence-electron chi connectivity index (χ0n) is 7.96. The Kier molecular flexibility index (Phi) is 2.65. The lowest BCUT2D eigenvalue weighted by molar-refractivity contribution is -0.152. The Morgan fingerprint density at radius 1 is 1.44 bits per heavy atom. The molecule has 0 spiro atoms. The van der Waals surface area contributed by atoms with Gasteiger partial charge in [0, 0.05) is 6.54 Å². The number of hydrogen-bond acceptors (Lipinski definition) is 3. The number of aliphatic imine (C=N–C) groups is 2. The number of halogens is 4. The number of hydrogen-bond donors (Lipinski definition) is 0. The first-order chi connectivity index (χ1) is 7.38. The van der Waals surface area contributed by atoms with Crippen molar-refractivity contribution in [3.8, 4) is 0 Å². The van der Waals surface area contributed by atoms with Crippen molar-refractivity contribution in [3.05, 3.63) is 0 Å². The Bertz CT molecular complexity index is 390. The van der Waals surface area contributed by atoms with E-state index in [-0.39, 0.29) is 36.4 Å². The van der Waals surface area contributed by atoms with Gasteiger partial charge >= 0.3 is 6.18 Å².